The summed E-state index contributed by atoms with van der Waals surface area (Å²) in [4.78, 5) is 10.8. The number of halogens is 3. The van der Waals surface area contributed by atoms with Crippen molar-refractivity contribution in [1.29, 1.82) is 0 Å². The maximum atomic E-state index is 12.4. The van der Waals surface area contributed by atoms with Crippen LogP contribution in [0.1, 0.15) is 15.9 Å². The number of rotatable bonds is 6. The summed E-state index contributed by atoms with van der Waals surface area (Å²) in [5, 5.41) is 9.80. The van der Waals surface area contributed by atoms with Crippen LogP contribution >= 0.6 is 39.1 Å². The first-order valence-electron chi connectivity index (χ1n) is 6.66. The van der Waals surface area contributed by atoms with Gasteiger partial charge in [-0.25, -0.2) is 17.9 Å². The Hall–Kier alpha value is -1.12. The monoisotopic (exact) mass is 451 g/mol. The first-order valence-corrected chi connectivity index (χ1v) is 9.70. The predicted octanol–water partition coefficient (Wildman–Crippen LogP) is 3.98. The van der Waals surface area contributed by atoms with E-state index < -0.39 is 16.0 Å². The lowest BCUT2D eigenvalue weighted by molar-refractivity contribution is 0.0692. The smallest absolute Gasteiger partial charge is 0.337 e. The van der Waals surface area contributed by atoms with Crippen molar-refractivity contribution >= 4 is 55.1 Å². The zero-order chi connectivity index (χ0) is 17.9. The van der Waals surface area contributed by atoms with Crippen LogP contribution in [0.2, 0.25) is 10.0 Å². The molecule has 0 amide bonds. The van der Waals surface area contributed by atoms with Gasteiger partial charge in [-0.05, 0) is 48.4 Å². The molecule has 0 aliphatic heterocycles. The number of carbonyl (C=O) groups is 1. The summed E-state index contributed by atoms with van der Waals surface area (Å²) in [6, 6.07) is 8.87. The first kappa shape index (κ1) is 19.2. The molecule has 24 heavy (non-hydrogen) atoms. The van der Waals surface area contributed by atoms with Crippen LogP contribution in [0.25, 0.3) is 0 Å². The highest BCUT2D eigenvalue weighted by Gasteiger charge is 2.22. The minimum absolute atomic E-state index is 0.0840. The standard InChI is InChI=1S/C15H12BrCl2NO4S/c16-10-5-9(6-12(18)7-10)3-4-19-24(22,23)14-8-11(17)1-2-13(14)15(20)21/h1-2,5-8,19H,3-4H2,(H,20,21). The molecule has 9 heteroatoms. The Bertz CT molecular complexity index is 867. The fourth-order valence-electron chi connectivity index (χ4n) is 2.06. The van der Waals surface area contributed by atoms with Gasteiger partial charge in [0.25, 0.3) is 0 Å². The summed E-state index contributed by atoms with van der Waals surface area (Å²) in [7, 11) is -4.01. The number of sulfonamides is 1. The van der Waals surface area contributed by atoms with E-state index in [1.165, 1.54) is 6.07 Å². The highest BCUT2D eigenvalue weighted by atomic mass is 79.9. The second-order valence-electron chi connectivity index (χ2n) is 4.87. The van der Waals surface area contributed by atoms with Gasteiger partial charge in [-0.3, -0.25) is 0 Å². The summed E-state index contributed by atoms with van der Waals surface area (Å²) < 4.78 is 27.9. The van der Waals surface area contributed by atoms with Crippen LogP contribution in [0, 0.1) is 0 Å². The van der Waals surface area contributed by atoms with Crippen LogP contribution in [0.15, 0.2) is 45.8 Å². The van der Waals surface area contributed by atoms with Gasteiger partial charge in [0, 0.05) is 21.1 Å². The van der Waals surface area contributed by atoms with Crippen LogP contribution in [0.4, 0.5) is 0 Å². The maximum Gasteiger partial charge on any atom is 0.337 e. The molecular formula is C15H12BrCl2NO4S. The maximum absolute atomic E-state index is 12.4. The molecular weight excluding hydrogens is 441 g/mol. The zero-order valence-corrected chi connectivity index (χ0v) is 16.0. The zero-order valence-electron chi connectivity index (χ0n) is 12.1. The second-order valence-corrected chi connectivity index (χ2v) is 8.40. The van der Waals surface area contributed by atoms with E-state index in [4.69, 9.17) is 28.3 Å². The summed E-state index contributed by atoms with van der Waals surface area (Å²) in [6.45, 7) is 0.0840. The van der Waals surface area contributed by atoms with Crippen molar-refractivity contribution < 1.29 is 18.3 Å². The van der Waals surface area contributed by atoms with Gasteiger partial charge in [0.1, 0.15) is 0 Å². The molecule has 2 N–H and O–H groups in total. The van der Waals surface area contributed by atoms with E-state index in [2.05, 4.69) is 20.7 Å². The molecule has 0 unspecified atom stereocenters. The van der Waals surface area contributed by atoms with Gasteiger partial charge in [-0.2, -0.15) is 0 Å². The van der Waals surface area contributed by atoms with E-state index in [0.717, 1.165) is 22.2 Å². The summed E-state index contributed by atoms with van der Waals surface area (Å²) in [6.07, 6.45) is 0.390. The van der Waals surface area contributed by atoms with E-state index in [1.54, 1.807) is 12.1 Å². The molecule has 0 spiro atoms. The minimum atomic E-state index is -4.01. The number of hydrogen-bond donors (Lipinski definition) is 2. The molecule has 0 aliphatic carbocycles. The lowest BCUT2D eigenvalue weighted by Gasteiger charge is -2.10. The number of nitrogens with one attached hydrogen (secondary N) is 1. The third kappa shape index (κ3) is 4.94. The Morgan fingerprint density at radius 2 is 1.83 bits per heavy atom. The highest BCUT2D eigenvalue weighted by Crippen LogP contribution is 2.22. The van der Waals surface area contributed by atoms with Crippen molar-refractivity contribution in [3.63, 3.8) is 0 Å². The van der Waals surface area contributed by atoms with Crippen LogP contribution in [-0.2, 0) is 16.4 Å². The molecule has 0 atom stereocenters. The van der Waals surface area contributed by atoms with Gasteiger partial charge in [0.2, 0.25) is 10.0 Å². The lowest BCUT2D eigenvalue weighted by atomic mass is 10.2. The molecule has 2 rings (SSSR count). The van der Waals surface area contributed by atoms with E-state index in [-0.39, 0.29) is 22.0 Å². The topological polar surface area (TPSA) is 83.5 Å². The Labute approximate surface area is 157 Å². The van der Waals surface area contributed by atoms with Crippen molar-refractivity contribution in [2.45, 2.75) is 11.3 Å². The molecule has 128 valence electrons. The van der Waals surface area contributed by atoms with Crippen molar-refractivity contribution in [2.24, 2.45) is 0 Å². The average molecular weight is 453 g/mol. The van der Waals surface area contributed by atoms with E-state index in [1.807, 2.05) is 6.07 Å². The number of carboxylic acid groups (broad SMARTS) is 1. The molecule has 0 fully saturated rings. The highest BCUT2D eigenvalue weighted by molar-refractivity contribution is 9.10. The van der Waals surface area contributed by atoms with Crippen LogP contribution in [-0.4, -0.2) is 26.0 Å². The number of benzene rings is 2. The molecule has 2 aromatic rings. The van der Waals surface area contributed by atoms with E-state index in [0.29, 0.717) is 11.4 Å². The number of aromatic carboxylic acids is 1. The normalized spacial score (nSPS) is 11.5. The van der Waals surface area contributed by atoms with Gasteiger partial charge in [-0.1, -0.05) is 39.1 Å². The Kier molecular flexibility index (Phi) is 6.28. The van der Waals surface area contributed by atoms with Crippen molar-refractivity contribution in [3.05, 3.63) is 62.0 Å². The fourth-order valence-corrected chi connectivity index (χ4v) is 4.48. The van der Waals surface area contributed by atoms with Gasteiger partial charge in [0.15, 0.2) is 0 Å². The van der Waals surface area contributed by atoms with Gasteiger partial charge in [0.05, 0.1) is 10.5 Å². The van der Waals surface area contributed by atoms with E-state index >= 15 is 0 Å². The van der Waals surface area contributed by atoms with Crippen LogP contribution in [0.5, 0.6) is 0 Å². The SMILES string of the molecule is O=C(O)c1ccc(Cl)cc1S(=O)(=O)NCCc1cc(Cl)cc(Br)c1. The molecule has 2 aromatic carbocycles. The second kappa shape index (κ2) is 7.84. The fraction of sp³-hybridized carbons (Fsp3) is 0.133. The van der Waals surface area contributed by atoms with Crippen LogP contribution < -0.4 is 4.72 Å². The molecule has 5 nitrogen and oxygen atoms in total. The Morgan fingerprint density at radius 3 is 2.46 bits per heavy atom. The third-order valence-electron chi connectivity index (χ3n) is 3.09. The largest absolute Gasteiger partial charge is 0.478 e. The molecule has 0 radical (unpaired) electrons. The van der Waals surface area contributed by atoms with Gasteiger partial charge >= 0.3 is 5.97 Å². The molecule has 0 bridgehead atoms. The number of hydrogen-bond acceptors (Lipinski definition) is 3. The van der Waals surface area contributed by atoms with Gasteiger partial charge in [-0.15, -0.1) is 0 Å². The van der Waals surface area contributed by atoms with Crippen molar-refractivity contribution in [1.82, 2.24) is 4.72 Å². The molecule has 0 aromatic heterocycles. The first-order chi connectivity index (χ1) is 11.2. The molecule has 0 saturated carbocycles. The Balaban J connectivity index is 2.17. The summed E-state index contributed by atoms with van der Waals surface area (Å²) >= 11 is 15.0. The molecule has 0 saturated heterocycles. The number of carboxylic acids is 1. The lowest BCUT2D eigenvalue weighted by Crippen LogP contribution is -2.27. The third-order valence-corrected chi connectivity index (χ3v) is 5.50. The minimum Gasteiger partial charge on any atom is -0.478 e. The van der Waals surface area contributed by atoms with Crippen LogP contribution in [0.3, 0.4) is 0 Å². The van der Waals surface area contributed by atoms with Crippen molar-refractivity contribution in [3.8, 4) is 0 Å². The Morgan fingerprint density at radius 1 is 1.12 bits per heavy atom. The van der Waals surface area contributed by atoms with Gasteiger partial charge < -0.3 is 5.11 Å². The average Bonchev–Trinajstić information content (AvgIpc) is 2.45. The molecule has 0 aliphatic rings. The quantitative estimate of drug-likeness (QED) is 0.694. The van der Waals surface area contributed by atoms with Crippen molar-refractivity contribution in [2.75, 3.05) is 6.54 Å². The predicted molar refractivity (Wildman–Crippen MR) is 96.5 cm³/mol. The van der Waals surface area contributed by atoms with E-state index in [9.17, 15) is 13.2 Å². The summed E-state index contributed by atoms with van der Waals surface area (Å²) in [5.41, 5.74) is 0.499. The molecule has 0 heterocycles. The summed E-state index contributed by atoms with van der Waals surface area (Å²) in [5.74, 6) is -1.34.